The molecule has 2 heteroatoms. The SMILES string of the molecule is CCCCCCC/C=C1\CC1(C(=O)OCc1ccccc1)c1ccccc1. The maximum absolute atomic E-state index is 13.0. The summed E-state index contributed by atoms with van der Waals surface area (Å²) in [5.41, 5.74) is 2.75. The molecule has 1 unspecified atom stereocenters. The number of benzene rings is 2. The standard InChI is InChI=1S/C25H30O2/c1-2-3-4-5-6-11-18-23-19-25(23,22-16-12-8-13-17-22)24(26)27-20-21-14-9-7-10-15-21/h7-10,12-18H,2-6,11,19-20H2,1H3/b23-18+. The van der Waals surface area contributed by atoms with Crippen molar-refractivity contribution >= 4 is 5.97 Å². The van der Waals surface area contributed by atoms with Crippen molar-refractivity contribution in [3.63, 3.8) is 0 Å². The molecule has 142 valence electrons. The quantitative estimate of drug-likeness (QED) is 0.279. The highest BCUT2D eigenvalue weighted by Crippen LogP contribution is 2.55. The minimum absolute atomic E-state index is 0.116. The summed E-state index contributed by atoms with van der Waals surface area (Å²) in [6.45, 7) is 2.57. The van der Waals surface area contributed by atoms with Crippen LogP contribution in [0.25, 0.3) is 0 Å². The largest absolute Gasteiger partial charge is 0.460 e. The van der Waals surface area contributed by atoms with Crippen LogP contribution in [0, 0.1) is 0 Å². The Hall–Kier alpha value is -2.35. The van der Waals surface area contributed by atoms with E-state index in [9.17, 15) is 4.79 Å². The van der Waals surface area contributed by atoms with Crippen LogP contribution >= 0.6 is 0 Å². The van der Waals surface area contributed by atoms with E-state index in [0.717, 1.165) is 24.0 Å². The lowest BCUT2D eigenvalue weighted by Crippen LogP contribution is -2.23. The molecular weight excluding hydrogens is 332 g/mol. The molecule has 27 heavy (non-hydrogen) atoms. The van der Waals surface area contributed by atoms with Gasteiger partial charge < -0.3 is 4.74 Å². The molecule has 2 aromatic rings. The van der Waals surface area contributed by atoms with Crippen LogP contribution in [0.5, 0.6) is 0 Å². The highest BCUT2D eigenvalue weighted by Gasteiger charge is 2.57. The number of unbranched alkanes of at least 4 members (excludes halogenated alkanes) is 5. The third-order valence-corrected chi connectivity index (χ3v) is 5.41. The van der Waals surface area contributed by atoms with Crippen molar-refractivity contribution in [2.75, 3.05) is 0 Å². The molecule has 0 amide bonds. The lowest BCUT2D eigenvalue weighted by molar-refractivity contribution is -0.147. The molecule has 0 saturated heterocycles. The Morgan fingerprint density at radius 2 is 1.63 bits per heavy atom. The van der Waals surface area contributed by atoms with Crippen molar-refractivity contribution in [1.29, 1.82) is 0 Å². The Morgan fingerprint density at radius 3 is 2.33 bits per heavy atom. The molecule has 0 aliphatic heterocycles. The number of carbonyl (C=O) groups excluding carboxylic acids is 1. The number of hydrogen-bond acceptors (Lipinski definition) is 2. The maximum Gasteiger partial charge on any atom is 0.321 e. The number of esters is 1. The van der Waals surface area contributed by atoms with Crippen LogP contribution in [-0.2, 0) is 21.6 Å². The van der Waals surface area contributed by atoms with Gasteiger partial charge in [-0.15, -0.1) is 0 Å². The second-order valence-electron chi connectivity index (χ2n) is 7.44. The summed E-state index contributed by atoms with van der Waals surface area (Å²) in [6.07, 6.45) is 10.5. The Bertz CT molecular complexity index is 748. The van der Waals surface area contributed by atoms with Gasteiger partial charge >= 0.3 is 5.97 Å². The molecule has 1 atom stereocenters. The fourth-order valence-corrected chi connectivity index (χ4v) is 3.69. The first-order valence-corrected chi connectivity index (χ1v) is 10.2. The molecule has 1 fully saturated rings. The second-order valence-corrected chi connectivity index (χ2v) is 7.44. The van der Waals surface area contributed by atoms with Crippen LogP contribution in [0.15, 0.2) is 72.3 Å². The molecule has 0 bridgehead atoms. The van der Waals surface area contributed by atoms with E-state index in [1.54, 1.807) is 0 Å². The van der Waals surface area contributed by atoms with E-state index in [0.29, 0.717) is 6.61 Å². The number of hydrogen-bond donors (Lipinski definition) is 0. The summed E-state index contributed by atoms with van der Waals surface area (Å²) in [7, 11) is 0. The molecule has 0 N–H and O–H groups in total. The van der Waals surface area contributed by atoms with Gasteiger partial charge in [-0.25, -0.2) is 0 Å². The minimum atomic E-state index is -0.556. The molecule has 1 saturated carbocycles. The molecular formula is C25H30O2. The Labute approximate surface area is 163 Å². The minimum Gasteiger partial charge on any atom is -0.460 e. The van der Waals surface area contributed by atoms with Gasteiger partial charge in [-0.2, -0.15) is 0 Å². The van der Waals surface area contributed by atoms with Crippen LogP contribution in [0.4, 0.5) is 0 Å². The van der Waals surface area contributed by atoms with Crippen molar-refractivity contribution in [3.8, 4) is 0 Å². The van der Waals surface area contributed by atoms with Crippen molar-refractivity contribution in [2.45, 2.75) is 63.9 Å². The Balaban J connectivity index is 1.65. The molecule has 0 aromatic heterocycles. The molecule has 3 rings (SSSR count). The predicted octanol–water partition coefficient (Wildman–Crippen LogP) is 6.36. The summed E-state index contributed by atoms with van der Waals surface area (Å²) in [6, 6.07) is 20.0. The number of carbonyl (C=O) groups is 1. The molecule has 1 aliphatic rings. The van der Waals surface area contributed by atoms with Gasteiger partial charge in [0.2, 0.25) is 0 Å². The van der Waals surface area contributed by atoms with E-state index in [1.807, 2.05) is 60.7 Å². The van der Waals surface area contributed by atoms with E-state index in [1.165, 1.54) is 37.7 Å². The topological polar surface area (TPSA) is 26.3 Å². The zero-order valence-electron chi connectivity index (χ0n) is 16.3. The smallest absolute Gasteiger partial charge is 0.321 e. The van der Waals surface area contributed by atoms with Crippen molar-refractivity contribution in [3.05, 3.63) is 83.4 Å². The monoisotopic (exact) mass is 362 g/mol. The lowest BCUT2D eigenvalue weighted by Gasteiger charge is -2.15. The zero-order chi connectivity index (χ0) is 19.0. The van der Waals surface area contributed by atoms with Crippen LogP contribution in [0.1, 0.15) is 63.0 Å². The fraction of sp³-hybridized carbons (Fsp3) is 0.400. The highest BCUT2D eigenvalue weighted by molar-refractivity contribution is 5.93. The van der Waals surface area contributed by atoms with Crippen molar-refractivity contribution < 1.29 is 9.53 Å². The van der Waals surface area contributed by atoms with Crippen LogP contribution in [-0.4, -0.2) is 5.97 Å². The second kappa shape index (κ2) is 9.55. The molecule has 0 spiro atoms. The number of rotatable bonds is 10. The average Bonchev–Trinajstić information content (AvgIpc) is 3.46. The van der Waals surface area contributed by atoms with E-state index >= 15 is 0 Å². The van der Waals surface area contributed by atoms with Crippen LogP contribution in [0.3, 0.4) is 0 Å². The first-order chi connectivity index (χ1) is 13.3. The van der Waals surface area contributed by atoms with Crippen molar-refractivity contribution in [2.24, 2.45) is 0 Å². The van der Waals surface area contributed by atoms with E-state index in [2.05, 4.69) is 13.0 Å². The fourth-order valence-electron chi connectivity index (χ4n) is 3.69. The van der Waals surface area contributed by atoms with Crippen molar-refractivity contribution in [1.82, 2.24) is 0 Å². The molecule has 2 nitrogen and oxygen atoms in total. The lowest BCUT2D eigenvalue weighted by atomic mass is 9.94. The average molecular weight is 363 g/mol. The van der Waals surface area contributed by atoms with E-state index in [-0.39, 0.29) is 5.97 Å². The third kappa shape index (κ3) is 4.88. The Kier molecular flexibility index (Phi) is 6.86. The number of ether oxygens (including phenoxy) is 1. The first kappa shape index (κ1) is 19.4. The molecule has 0 radical (unpaired) electrons. The summed E-state index contributed by atoms with van der Waals surface area (Å²) < 4.78 is 5.72. The normalized spacial score (nSPS) is 19.8. The predicted molar refractivity (Wildman–Crippen MR) is 110 cm³/mol. The van der Waals surface area contributed by atoms with Gasteiger partial charge in [0.15, 0.2) is 0 Å². The van der Waals surface area contributed by atoms with Gasteiger partial charge in [-0.1, -0.05) is 105 Å². The summed E-state index contributed by atoms with van der Waals surface area (Å²) >= 11 is 0. The maximum atomic E-state index is 13.0. The van der Waals surface area contributed by atoms with E-state index < -0.39 is 5.41 Å². The molecule has 0 heterocycles. The zero-order valence-corrected chi connectivity index (χ0v) is 16.3. The first-order valence-electron chi connectivity index (χ1n) is 10.2. The third-order valence-electron chi connectivity index (χ3n) is 5.41. The highest BCUT2D eigenvalue weighted by atomic mass is 16.5. The summed E-state index contributed by atoms with van der Waals surface area (Å²) in [4.78, 5) is 13.0. The van der Waals surface area contributed by atoms with Gasteiger partial charge in [-0.05, 0) is 30.4 Å². The van der Waals surface area contributed by atoms with Crippen LogP contribution < -0.4 is 0 Å². The molecule has 1 aliphatic carbocycles. The summed E-state index contributed by atoms with van der Waals surface area (Å²) in [5, 5.41) is 0. The van der Waals surface area contributed by atoms with Gasteiger partial charge in [-0.3, -0.25) is 4.79 Å². The molecule has 2 aromatic carbocycles. The van der Waals surface area contributed by atoms with Gasteiger partial charge in [0.05, 0.1) is 0 Å². The van der Waals surface area contributed by atoms with Gasteiger partial charge in [0.1, 0.15) is 12.0 Å². The number of allylic oxidation sites excluding steroid dienone is 1. The Morgan fingerprint density at radius 1 is 0.963 bits per heavy atom. The van der Waals surface area contributed by atoms with E-state index in [4.69, 9.17) is 4.74 Å². The van der Waals surface area contributed by atoms with Gasteiger partial charge in [0, 0.05) is 0 Å². The van der Waals surface area contributed by atoms with Crippen LogP contribution in [0.2, 0.25) is 0 Å². The van der Waals surface area contributed by atoms with Gasteiger partial charge in [0.25, 0.3) is 0 Å². The summed E-state index contributed by atoms with van der Waals surface area (Å²) in [5.74, 6) is -0.116.